The minimum Gasteiger partial charge on any atom is -0.374 e. The highest BCUT2D eigenvalue weighted by atomic mass is 35.5. The number of fused-ring (bicyclic) bond motifs is 1. The molecule has 0 N–H and O–H groups in total. The van der Waals surface area contributed by atoms with E-state index in [1.165, 1.54) is 17.8 Å². The molecule has 0 saturated carbocycles. The highest BCUT2D eigenvalue weighted by Crippen LogP contribution is 2.50. The minimum atomic E-state index is -4.53. The number of hydrogen-bond donors (Lipinski definition) is 0. The predicted molar refractivity (Wildman–Crippen MR) is 134 cm³/mol. The smallest absolute Gasteiger partial charge is 0.374 e. The number of allylic oxidation sites excluding steroid dienone is 1. The molecule has 1 unspecified atom stereocenters. The Morgan fingerprint density at radius 3 is 2.58 bits per heavy atom. The van der Waals surface area contributed by atoms with Gasteiger partial charge in [0.1, 0.15) is 0 Å². The quantitative estimate of drug-likeness (QED) is 0.432. The van der Waals surface area contributed by atoms with Gasteiger partial charge in [0.25, 0.3) is 0 Å². The molecule has 1 aliphatic rings. The highest BCUT2D eigenvalue weighted by Gasteiger charge is 2.38. The molecule has 0 fully saturated rings. The third-order valence-corrected chi connectivity index (χ3v) is 7.28. The van der Waals surface area contributed by atoms with Gasteiger partial charge in [0, 0.05) is 46.9 Å². The van der Waals surface area contributed by atoms with Crippen molar-refractivity contribution < 1.29 is 17.9 Å². The van der Waals surface area contributed by atoms with Gasteiger partial charge < -0.3 is 14.5 Å². The van der Waals surface area contributed by atoms with E-state index < -0.39 is 11.7 Å². The van der Waals surface area contributed by atoms with Crippen LogP contribution in [0.3, 0.4) is 0 Å². The van der Waals surface area contributed by atoms with Gasteiger partial charge in [0.2, 0.25) is 0 Å². The molecule has 33 heavy (non-hydrogen) atoms. The average molecular weight is 499 g/mol. The summed E-state index contributed by atoms with van der Waals surface area (Å²) in [4.78, 5) is 4.62. The maximum atomic E-state index is 14.3. The first-order chi connectivity index (χ1) is 15.4. The molecule has 1 heterocycles. The molecule has 0 radical (unpaired) electrons. The van der Waals surface area contributed by atoms with Crippen LogP contribution in [0.2, 0.25) is 5.02 Å². The van der Waals surface area contributed by atoms with Crippen LogP contribution < -0.4 is 4.90 Å². The number of aryl methyl sites for hydroxylation is 1. The van der Waals surface area contributed by atoms with Gasteiger partial charge in [0.05, 0.1) is 24.0 Å². The molecule has 0 amide bonds. The van der Waals surface area contributed by atoms with E-state index in [-0.39, 0.29) is 11.7 Å². The second-order valence-electron chi connectivity index (χ2n) is 8.75. The summed E-state index contributed by atoms with van der Waals surface area (Å²) in [7, 11) is 5.85. The van der Waals surface area contributed by atoms with Crippen LogP contribution in [0.25, 0.3) is 16.7 Å². The van der Waals surface area contributed by atoms with E-state index in [4.69, 9.17) is 16.3 Å². The number of halogens is 4. The van der Waals surface area contributed by atoms with Crippen molar-refractivity contribution in [1.82, 2.24) is 4.90 Å². The van der Waals surface area contributed by atoms with Crippen LogP contribution in [0.5, 0.6) is 0 Å². The first kappa shape index (κ1) is 25.9. The fraction of sp³-hybridized carbons (Fsp3) is 0.440. The molecule has 180 valence electrons. The van der Waals surface area contributed by atoms with Crippen molar-refractivity contribution >= 4 is 34.6 Å². The first-order valence-corrected chi connectivity index (χ1v) is 12.1. The third-order valence-electron chi connectivity index (χ3n) is 5.65. The van der Waals surface area contributed by atoms with Crippen molar-refractivity contribution in [1.29, 1.82) is 0 Å². The number of alkyl halides is 3. The maximum absolute atomic E-state index is 14.3. The van der Waals surface area contributed by atoms with Crippen molar-refractivity contribution in [2.24, 2.45) is 0 Å². The van der Waals surface area contributed by atoms with Crippen LogP contribution >= 0.6 is 23.4 Å². The lowest BCUT2D eigenvalue weighted by molar-refractivity contribution is -0.137. The molecule has 1 atom stereocenters. The molecule has 0 bridgehead atoms. The summed E-state index contributed by atoms with van der Waals surface area (Å²) >= 11 is 7.73. The van der Waals surface area contributed by atoms with E-state index in [9.17, 15) is 13.2 Å². The van der Waals surface area contributed by atoms with Gasteiger partial charge >= 0.3 is 6.18 Å². The van der Waals surface area contributed by atoms with E-state index >= 15 is 0 Å². The molecule has 0 aromatic heterocycles. The van der Waals surface area contributed by atoms with E-state index in [0.29, 0.717) is 45.5 Å². The van der Waals surface area contributed by atoms with Gasteiger partial charge in [-0.1, -0.05) is 30.3 Å². The minimum absolute atomic E-state index is 0.117. The lowest BCUT2D eigenvalue weighted by Gasteiger charge is -2.28. The summed E-state index contributed by atoms with van der Waals surface area (Å²) < 4.78 is 49.1. The Hall–Kier alpha value is -1.67. The highest BCUT2D eigenvalue weighted by molar-refractivity contribution is 7.99. The number of ether oxygens (including phenoxy) is 1. The van der Waals surface area contributed by atoms with E-state index in [2.05, 4.69) is 6.58 Å². The second-order valence-corrected chi connectivity index (χ2v) is 10.2. The summed E-state index contributed by atoms with van der Waals surface area (Å²) in [6.45, 7) is 9.47. The lowest BCUT2D eigenvalue weighted by atomic mass is 9.92. The van der Waals surface area contributed by atoms with E-state index in [0.717, 1.165) is 17.8 Å². The lowest BCUT2D eigenvalue weighted by Crippen LogP contribution is -2.33. The first-order valence-electron chi connectivity index (χ1n) is 10.7. The number of likely N-dealkylation sites (N-methyl/N-ethyl adjacent to an activating group) is 2. The Kier molecular flexibility index (Phi) is 8.10. The molecule has 8 heteroatoms. The number of hydrogen-bond acceptors (Lipinski definition) is 4. The molecule has 2 aromatic rings. The number of thioether (sulfide) groups is 1. The fourth-order valence-corrected chi connectivity index (χ4v) is 5.39. The molecular formula is C25H30ClF3N2OS. The van der Waals surface area contributed by atoms with Crippen LogP contribution in [0.1, 0.15) is 23.6 Å². The Labute approximate surface area is 203 Å². The second kappa shape index (κ2) is 10.3. The van der Waals surface area contributed by atoms with Gasteiger partial charge in [-0.3, -0.25) is 0 Å². The van der Waals surface area contributed by atoms with Crippen LogP contribution in [0.4, 0.5) is 18.9 Å². The van der Waals surface area contributed by atoms with Crippen LogP contribution in [0, 0.1) is 6.92 Å². The van der Waals surface area contributed by atoms with Gasteiger partial charge in [-0.15, -0.1) is 11.8 Å². The van der Waals surface area contributed by atoms with Gasteiger partial charge in [0.15, 0.2) is 0 Å². The van der Waals surface area contributed by atoms with Gasteiger partial charge in [-0.2, -0.15) is 13.2 Å². The van der Waals surface area contributed by atoms with E-state index in [1.54, 1.807) is 25.1 Å². The summed E-state index contributed by atoms with van der Waals surface area (Å²) in [5, 5.41) is 0.440. The van der Waals surface area contributed by atoms with Crippen LogP contribution in [-0.4, -0.2) is 57.6 Å². The molecule has 1 aliphatic heterocycles. The SMILES string of the molecule is C=C(C)c1cc(C(F)(F)F)c(-c2ccc(C)c(Cl)c2)c2c1N(C)CC(OCCN(C)C)CS2. The Bertz CT molecular complexity index is 1040. The third kappa shape index (κ3) is 5.88. The van der Waals surface area contributed by atoms with Gasteiger partial charge in [-0.05, 0) is 56.8 Å². The summed E-state index contributed by atoms with van der Waals surface area (Å²) in [6, 6.07) is 6.32. The Morgan fingerprint density at radius 1 is 1.30 bits per heavy atom. The Balaban J connectivity index is 2.20. The summed E-state index contributed by atoms with van der Waals surface area (Å²) in [5.41, 5.74) is 2.61. The Morgan fingerprint density at radius 2 is 2.00 bits per heavy atom. The summed E-state index contributed by atoms with van der Waals surface area (Å²) in [6.07, 6.45) is -4.65. The maximum Gasteiger partial charge on any atom is 0.417 e. The van der Waals surface area contributed by atoms with Crippen LogP contribution in [-0.2, 0) is 10.9 Å². The number of rotatable bonds is 6. The molecule has 0 spiro atoms. The predicted octanol–water partition coefficient (Wildman–Crippen LogP) is 6.86. The molecule has 0 aliphatic carbocycles. The normalized spacial score (nSPS) is 16.7. The van der Waals surface area contributed by atoms with Crippen molar-refractivity contribution in [3.8, 4) is 11.1 Å². The zero-order valence-corrected chi connectivity index (χ0v) is 21.2. The molecule has 0 saturated heterocycles. The topological polar surface area (TPSA) is 15.7 Å². The molecule has 2 aromatic carbocycles. The summed E-state index contributed by atoms with van der Waals surface area (Å²) in [5.74, 6) is 0.550. The van der Waals surface area contributed by atoms with Crippen molar-refractivity contribution in [2.45, 2.75) is 31.0 Å². The average Bonchev–Trinajstić information content (AvgIpc) is 2.87. The van der Waals surface area contributed by atoms with Crippen molar-refractivity contribution in [3.05, 3.63) is 52.6 Å². The van der Waals surface area contributed by atoms with E-state index in [1.807, 2.05) is 37.9 Å². The van der Waals surface area contributed by atoms with Crippen molar-refractivity contribution in [2.75, 3.05) is 51.5 Å². The van der Waals surface area contributed by atoms with Crippen molar-refractivity contribution in [3.63, 3.8) is 0 Å². The molecule has 3 nitrogen and oxygen atoms in total. The number of anilines is 1. The molecular weight excluding hydrogens is 469 g/mol. The molecule has 3 rings (SSSR count). The standard InChI is InChI=1S/C25H30ClF3N2OS/c1-15(2)19-12-20(25(27,28)29)22(17-8-7-16(3)21(26)11-17)24-23(19)31(6)13-18(14-33-24)32-10-9-30(4)5/h7-8,11-12,18H,1,9-10,13-14H2,2-6H3. The number of benzene rings is 2. The zero-order valence-electron chi connectivity index (χ0n) is 19.6. The van der Waals surface area contributed by atoms with Gasteiger partial charge in [-0.25, -0.2) is 0 Å². The number of nitrogens with zero attached hydrogens (tertiary/aromatic N) is 2. The fourth-order valence-electron chi connectivity index (χ4n) is 3.88. The zero-order chi connectivity index (χ0) is 24.5. The van der Waals surface area contributed by atoms with Crippen LogP contribution in [0.15, 0.2) is 35.7 Å². The largest absolute Gasteiger partial charge is 0.417 e. The monoisotopic (exact) mass is 498 g/mol.